The normalized spacial score (nSPS) is 16.9. The minimum Gasteiger partial charge on any atom is -0.369 e. The number of hydrogen-bond acceptors (Lipinski definition) is 2. The molecule has 1 aliphatic rings. The fraction of sp³-hybridized carbons (Fsp3) is 0.500. The topological polar surface area (TPSA) is 15.3 Å². The molecule has 0 atom stereocenters. The highest BCUT2D eigenvalue weighted by molar-refractivity contribution is 6.32. The Labute approximate surface area is 96.2 Å². The quantitative estimate of drug-likeness (QED) is 0.788. The van der Waals surface area contributed by atoms with Gasteiger partial charge in [0.2, 0.25) is 0 Å². The minimum absolute atomic E-state index is 0.897. The van der Waals surface area contributed by atoms with E-state index in [2.05, 4.69) is 36.2 Å². The van der Waals surface area contributed by atoms with E-state index < -0.39 is 0 Å². The molecule has 2 rings (SSSR count). The van der Waals surface area contributed by atoms with E-state index >= 15 is 0 Å². The Balaban J connectivity index is 2.27. The van der Waals surface area contributed by atoms with Crippen LogP contribution < -0.4 is 10.2 Å². The molecule has 0 bridgehead atoms. The van der Waals surface area contributed by atoms with Gasteiger partial charge in [0, 0.05) is 36.9 Å². The van der Waals surface area contributed by atoms with Crippen LogP contribution in [0.5, 0.6) is 0 Å². The Bertz CT molecular complexity index is 334. The maximum atomic E-state index is 6.16. The van der Waals surface area contributed by atoms with Crippen LogP contribution in [-0.4, -0.2) is 26.2 Å². The molecule has 2 nitrogen and oxygen atoms in total. The van der Waals surface area contributed by atoms with Crippen LogP contribution in [0.25, 0.3) is 0 Å². The van der Waals surface area contributed by atoms with Gasteiger partial charge in [-0.05, 0) is 37.1 Å². The van der Waals surface area contributed by atoms with Gasteiger partial charge in [-0.15, -0.1) is 0 Å². The van der Waals surface area contributed by atoms with Crippen molar-refractivity contribution in [2.45, 2.75) is 13.8 Å². The van der Waals surface area contributed by atoms with E-state index in [1.807, 2.05) is 0 Å². The van der Waals surface area contributed by atoms with Gasteiger partial charge in [0.25, 0.3) is 0 Å². The van der Waals surface area contributed by atoms with Crippen molar-refractivity contribution in [1.29, 1.82) is 0 Å². The molecule has 1 fully saturated rings. The molecule has 0 spiro atoms. The molecule has 1 saturated heterocycles. The average molecular weight is 225 g/mol. The first-order chi connectivity index (χ1) is 7.18. The molecular formula is C12H17ClN2. The zero-order chi connectivity index (χ0) is 10.8. The Morgan fingerprint density at radius 3 is 2.20 bits per heavy atom. The molecule has 1 N–H and O–H groups in total. The number of nitrogens with one attached hydrogen (secondary N) is 1. The maximum absolute atomic E-state index is 6.16. The number of aryl methyl sites for hydroxylation is 2. The number of nitrogens with zero attached hydrogens (tertiary/aromatic N) is 1. The van der Waals surface area contributed by atoms with Gasteiger partial charge in [0.1, 0.15) is 0 Å². The average Bonchev–Trinajstić information content (AvgIpc) is 2.26. The Morgan fingerprint density at radius 1 is 1.13 bits per heavy atom. The van der Waals surface area contributed by atoms with Crippen molar-refractivity contribution < 1.29 is 0 Å². The predicted octanol–water partition coefficient (Wildman–Crippen LogP) is 2.37. The van der Waals surface area contributed by atoms with Crippen molar-refractivity contribution in [1.82, 2.24) is 5.32 Å². The molecule has 1 aromatic carbocycles. The molecule has 1 aliphatic heterocycles. The number of halogens is 1. The second-order valence-corrected chi connectivity index (χ2v) is 4.51. The van der Waals surface area contributed by atoms with Gasteiger partial charge in [0.05, 0.1) is 0 Å². The smallest absolute Gasteiger partial charge is 0.0465 e. The third-order valence-electron chi connectivity index (χ3n) is 2.90. The summed E-state index contributed by atoms with van der Waals surface area (Å²) in [7, 11) is 0. The zero-order valence-corrected chi connectivity index (χ0v) is 10.1. The SMILES string of the molecule is Cc1cc(N2CCNCC2)cc(C)c1Cl. The van der Waals surface area contributed by atoms with E-state index in [4.69, 9.17) is 11.6 Å². The standard InChI is InChI=1S/C12H17ClN2/c1-9-7-11(8-10(2)12(9)13)15-5-3-14-4-6-15/h7-8,14H,3-6H2,1-2H3. The first-order valence-corrected chi connectivity index (χ1v) is 5.78. The zero-order valence-electron chi connectivity index (χ0n) is 9.31. The number of rotatable bonds is 1. The van der Waals surface area contributed by atoms with Crippen LogP contribution in [0, 0.1) is 13.8 Å². The fourth-order valence-electron chi connectivity index (χ4n) is 2.03. The first kappa shape index (κ1) is 10.8. The van der Waals surface area contributed by atoms with Crippen LogP contribution in [0.1, 0.15) is 11.1 Å². The largest absolute Gasteiger partial charge is 0.369 e. The lowest BCUT2D eigenvalue weighted by Gasteiger charge is -2.30. The van der Waals surface area contributed by atoms with Crippen LogP contribution >= 0.6 is 11.6 Å². The lowest BCUT2D eigenvalue weighted by atomic mass is 10.1. The summed E-state index contributed by atoms with van der Waals surface area (Å²) in [5, 5.41) is 4.25. The molecule has 0 saturated carbocycles. The van der Waals surface area contributed by atoms with Crippen LogP contribution in [0.15, 0.2) is 12.1 Å². The van der Waals surface area contributed by atoms with E-state index in [0.29, 0.717) is 0 Å². The van der Waals surface area contributed by atoms with E-state index in [0.717, 1.165) is 31.2 Å². The van der Waals surface area contributed by atoms with Crippen molar-refractivity contribution in [3.63, 3.8) is 0 Å². The van der Waals surface area contributed by atoms with Gasteiger partial charge in [-0.1, -0.05) is 11.6 Å². The van der Waals surface area contributed by atoms with Crippen molar-refractivity contribution in [3.05, 3.63) is 28.3 Å². The second kappa shape index (κ2) is 4.42. The van der Waals surface area contributed by atoms with Crippen molar-refractivity contribution >= 4 is 17.3 Å². The summed E-state index contributed by atoms with van der Waals surface area (Å²) in [4.78, 5) is 2.41. The highest BCUT2D eigenvalue weighted by atomic mass is 35.5. The number of benzene rings is 1. The second-order valence-electron chi connectivity index (χ2n) is 4.13. The summed E-state index contributed by atoms with van der Waals surface area (Å²) in [6.07, 6.45) is 0. The van der Waals surface area contributed by atoms with Crippen molar-refractivity contribution in [2.24, 2.45) is 0 Å². The number of anilines is 1. The van der Waals surface area contributed by atoms with E-state index in [9.17, 15) is 0 Å². The highest BCUT2D eigenvalue weighted by Crippen LogP contribution is 2.26. The summed E-state index contributed by atoms with van der Waals surface area (Å²) in [6.45, 7) is 8.45. The summed E-state index contributed by atoms with van der Waals surface area (Å²) in [6, 6.07) is 4.36. The Morgan fingerprint density at radius 2 is 1.67 bits per heavy atom. The molecule has 1 aromatic rings. The van der Waals surface area contributed by atoms with Gasteiger partial charge in [0.15, 0.2) is 0 Å². The monoisotopic (exact) mass is 224 g/mol. The molecule has 82 valence electrons. The van der Waals surface area contributed by atoms with Crippen LogP contribution in [0.2, 0.25) is 5.02 Å². The first-order valence-electron chi connectivity index (χ1n) is 5.41. The molecule has 0 amide bonds. The molecule has 0 aliphatic carbocycles. The van der Waals surface area contributed by atoms with Gasteiger partial charge in [-0.2, -0.15) is 0 Å². The van der Waals surface area contributed by atoms with Gasteiger partial charge < -0.3 is 10.2 Å². The van der Waals surface area contributed by atoms with Gasteiger partial charge in [-0.25, -0.2) is 0 Å². The molecule has 0 radical (unpaired) electrons. The Kier molecular flexibility index (Phi) is 3.17. The fourth-order valence-corrected chi connectivity index (χ4v) is 2.14. The third kappa shape index (κ3) is 2.27. The van der Waals surface area contributed by atoms with E-state index in [-0.39, 0.29) is 0 Å². The summed E-state index contributed by atoms with van der Waals surface area (Å²) >= 11 is 6.16. The molecule has 1 heterocycles. The lowest BCUT2D eigenvalue weighted by molar-refractivity contribution is 0.589. The van der Waals surface area contributed by atoms with Gasteiger partial charge in [-0.3, -0.25) is 0 Å². The Hall–Kier alpha value is -0.730. The van der Waals surface area contributed by atoms with Crippen LogP contribution in [0.4, 0.5) is 5.69 Å². The third-order valence-corrected chi connectivity index (χ3v) is 3.50. The van der Waals surface area contributed by atoms with E-state index in [1.54, 1.807) is 0 Å². The van der Waals surface area contributed by atoms with Crippen molar-refractivity contribution in [2.75, 3.05) is 31.1 Å². The summed E-state index contributed by atoms with van der Waals surface area (Å²) in [5.74, 6) is 0. The molecular weight excluding hydrogens is 208 g/mol. The molecule has 15 heavy (non-hydrogen) atoms. The molecule has 3 heteroatoms. The van der Waals surface area contributed by atoms with Crippen molar-refractivity contribution in [3.8, 4) is 0 Å². The van der Waals surface area contributed by atoms with E-state index in [1.165, 1.54) is 16.8 Å². The van der Waals surface area contributed by atoms with Gasteiger partial charge >= 0.3 is 0 Å². The summed E-state index contributed by atoms with van der Waals surface area (Å²) in [5.41, 5.74) is 3.64. The number of piperazine rings is 1. The predicted molar refractivity (Wildman–Crippen MR) is 66.0 cm³/mol. The molecule has 0 unspecified atom stereocenters. The minimum atomic E-state index is 0.897. The lowest BCUT2D eigenvalue weighted by Crippen LogP contribution is -2.43. The van der Waals surface area contributed by atoms with Crippen LogP contribution in [0.3, 0.4) is 0 Å². The maximum Gasteiger partial charge on any atom is 0.0465 e. The summed E-state index contributed by atoms with van der Waals surface area (Å²) < 4.78 is 0. The number of hydrogen-bond donors (Lipinski definition) is 1. The molecule has 0 aromatic heterocycles. The highest BCUT2D eigenvalue weighted by Gasteiger charge is 2.12. The van der Waals surface area contributed by atoms with Crippen LogP contribution in [-0.2, 0) is 0 Å².